The lowest BCUT2D eigenvalue weighted by Crippen LogP contribution is -1.99. The highest BCUT2D eigenvalue weighted by molar-refractivity contribution is 5.95. The van der Waals surface area contributed by atoms with Crippen molar-refractivity contribution in [3.8, 4) is 0 Å². The molecule has 0 saturated carbocycles. The first-order chi connectivity index (χ1) is 9.11. The molecule has 1 aromatic rings. The van der Waals surface area contributed by atoms with Gasteiger partial charge in [0.2, 0.25) is 0 Å². The van der Waals surface area contributed by atoms with Crippen molar-refractivity contribution in [3.05, 3.63) is 47.5 Å². The van der Waals surface area contributed by atoms with Gasteiger partial charge in [0, 0.05) is 6.42 Å². The van der Waals surface area contributed by atoms with Gasteiger partial charge in [-0.1, -0.05) is 36.4 Å². The monoisotopic (exact) mass is 258 g/mol. The van der Waals surface area contributed by atoms with Crippen LogP contribution in [0.15, 0.2) is 36.4 Å². The Kier molecular flexibility index (Phi) is 5.95. The highest BCUT2D eigenvalue weighted by atomic mass is 16.4. The molecule has 0 atom stereocenters. The van der Waals surface area contributed by atoms with E-state index in [-0.39, 0.29) is 18.6 Å². The molecule has 1 N–H and O–H groups in total. The minimum atomic E-state index is -0.979. The Bertz CT molecular complexity index is 509. The van der Waals surface area contributed by atoms with E-state index in [4.69, 9.17) is 5.11 Å². The molecule has 1 rings (SSSR count). The standard InChI is InChI=1S/C15H14O4/c16-11-1-2-12-3-5-13(6-4-12)7-8-14(17)9-10-15(18)19/h1-8,11H,9-10H2,(H,18,19). The Balaban J connectivity index is 2.57. The molecule has 0 aliphatic carbocycles. The lowest BCUT2D eigenvalue weighted by molar-refractivity contribution is -0.138. The van der Waals surface area contributed by atoms with E-state index < -0.39 is 5.97 Å². The predicted molar refractivity (Wildman–Crippen MR) is 72.5 cm³/mol. The summed E-state index contributed by atoms with van der Waals surface area (Å²) in [5.41, 5.74) is 1.73. The van der Waals surface area contributed by atoms with Gasteiger partial charge in [-0.15, -0.1) is 0 Å². The fraction of sp³-hybridized carbons (Fsp3) is 0.133. The summed E-state index contributed by atoms with van der Waals surface area (Å²) >= 11 is 0. The van der Waals surface area contributed by atoms with Crippen molar-refractivity contribution in [2.75, 3.05) is 0 Å². The first-order valence-corrected chi connectivity index (χ1v) is 5.76. The molecule has 0 aliphatic rings. The number of rotatable bonds is 7. The van der Waals surface area contributed by atoms with Crippen molar-refractivity contribution >= 4 is 30.2 Å². The average Bonchev–Trinajstić information content (AvgIpc) is 2.41. The van der Waals surface area contributed by atoms with Crippen LogP contribution >= 0.6 is 0 Å². The van der Waals surface area contributed by atoms with Gasteiger partial charge >= 0.3 is 5.97 Å². The second kappa shape index (κ2) is 7.76. The van der Waals surface area contributed by atoms with Gasteiger partial charge in [-0.25, -0.2) is 0 Å². The van der Waals surface area contributed by atoms with Crippen LogP contribution in [-0.2, 0) is 14.4 Å². The molecule has 4 heteroatoms. The Hall–Kier alpha value is -2.49. The molecule has 4 nitrogen and oxygen atoms in total. The summed E-state index contributed by atoms with van der Waals surface area (Å²) in [7, 11) is 0. The Morgan fingerprint density at radius 2 is 1.58 bits per heavy atom. The van der Waals surface area contributed by atoms with Crippen LogP contribution in [0.25, 0.3) is 12.2 Å². The van der Waals surface area contributed by atoms with Crippen molar-refractivity contribution < 1.29 is 19.5 Å². The Morgan fingerprint density at radius 1 is 1.00 bits per heavy atom. The maximum Gasteiger partial charge on any atom is 0.303 e. The van der Waals surface area contributed by atoms with Crippen molar-refractivity contribution in [1.29, 1.82) is 0 Å². The number of ketones is 1. The van der Waals surface area contributed by atoms with Gasteiger partial charge in [0.25, 0.3) is 0 Å². The molecule has 0 bridgehead atoms. The summed E-state index contributed by atoms with van der Waals surface area (Å²) in [5, 5.41) is 8.44. The molecule has 0 radical (unpaired) electrons. The predicted octanol–water partition coefficient (Wildman–Crippen LogP) is 2.35. The topological polar surface area (TPSA) is 71.4 Å². The molecular weight excluding hydrogens is 244 g/mol. The number of benzene rings is 1. The largest absolute Gasteiger partial charge is 0.481 e. The van der Waals surface area contributed by atoms with Crippen LogP contribution in [0.1, 0.15) is 24.0 Å². The number of hydrogen-bond acceptors (Lipinski definition) is 3. The quantitative estimate of drug-likeness (QED) is 0.602. The number of carboxylic acid groups (broad SMARTS) is 1. The Labute approximate surface area is 111 Å². The zero-order valence-corrected chi connectivity index (χ0v) is 10.3. The van der Waals surface area contributed by atoms with E-state index in [1.165, 1.54) is 12.2 Å². The maximum absolute atomic E-state index is 11.3. The van der Waals surface area contributed by atoms with Gasteiger partial charge in [-0.05, 0) is 23.3 Å². The third-order valence-corrected chi connectivity index (χ3v) is 2.35. The number of carbonyl (C=O) groups excluding carboxylic acids is 2. The summed E-state index contributed by atoms with van der Waals surface area (Å²) < 4.78 is 0. The summed E-state index contributed by atoms with van der Waals surface area (Å²) in [6.07, 6.45) is 6.65. The van der Waals surface area contributed by atoms with E-state index in [2.05, 4.69) is 0 Å². The smallest absolute Gasteiger partial charge is 0.303 e. The van der Waals surface area contributed by atoms with Gasteiger partial charge in [-0.2, -0.15) is 0 Å². The fourth-order valence-corrected chi connectivity index (χ4v) is 1.37. The van der Waals surface area contributed by atoms with Crippen molar-refractivity contribution in [1.82, 2.24) is 0 Å². The van der Waals surface area contributed by atoms with Crippen LogP contribution in [0, 0.1) is 0 Å². The van der Waals surface area contributed by atoms with Gasteiger partial charge in [-0.3, -0.25) is 14.4 Å². The van der Waals surface area contributed by atoms with Crippen molar-refractivity contribution in [3.63, 3.8) is 0 Å². The number of carbonyl (C=O) groups is 3. The van der Waals surface area contributed by atoms with Gasteiger partial charge < -0.3 is 5.11 Å². The molecule has 0 fully saturated rings. The third kappa shape index (κ3) is 6.12. The first-order valence-electron chi connectivity index (χ1n) is 5.76. The van der Waals surface area contributed by atoms with E-state index >= 15 is 0 Å². The summed E-state index contributed by atoms with van der Waals surface area (Å²) in [4.78, 5) is 31.8. The molecule has 0 aliphatic heterocycles. The number of carboxylic acids is 1. The molecule has 0 heterocycles. The fourth-order valence-electron chi connectivity index (χ4n) is 1.37. The second-order valence-corrected chi connectivity index (χ2v) is 3.86. The molecule has 1 aromatic carbocycles. The number of aldehydes is 1. The maximum atomic E-state index is 11.3. The highest BCUT2D eigenvalue weighted by Gasteiger charge is 2.01. The van der Waals surface area contributed by atoms with Gasteiger partial charge in [0.1, 0.15) is 6.29 Å². The van der Waals surface area contributed by atoms with Crippen LogP contribution in [0.4, 0.5) is 0 Å². The zero-order valence-electron chi connectivity index (χ0n) is 10.3. The molecular formula is C15H14O4. The van der Waals surface area contributed by atoms with Crippen molar-refractivity contribution in [2.45, 2.75) is 12.8 Å². The molecule has 0 aromatic heterocycles. The minimum absolute atomic E-state index is 0.00594. The number of hydrogen-bond donors (Lipinski definition) is 1. The zero-order chi connectivity index (χ0) is 14.1. The van der Waals surface area contributed by atoms with Crippen LogP contribution < -0.4 is 0 Å². The SMILES string of the molecule is O=CC=Cc1ccc(C=CC(=O)CCC(=O)O)cc1. The van der Waals surface area contributed by atoms with Crippen LogP contribution in [0.5, 0.6) is 0 Å². The molecule has 0 saturated heterocycles. The second-order valence-electron chi connectivity index (χ2n) is 3.86. The van der Waals surface area contributed by atoms with Gasteiger partial charge in [0.05, 0.1) is 6.42 Å². The normalized spacial score (nSPS) is 10.9. The lowest BCUT2D eigenvalue weighted by Gasteiger charge is -1.95. The molecule has 0 amide bonds. The van der Waals surface area contributed by atoms with Crippen molar-refractivity contribution in [2.24, 2.45) is 0 Å². The summed E-state index contributed by atoms with van der Waals surface area (Å²) in [5.74, 6) is -1.19. The van der Waals surface area contributed by atoms with E-state index in [9.17, 15) is 14.4 Å². The van der Waals surface area contributed by atoms with Crippen LogP contribution in [0.2, 0.25) is 0 Å². The molecule has 0 spiro atoms. The van der Waals surface area contributed by atoms with E-state index in [1.54, 1.807) is 12.2 Å². The summed E-state index contributed by atoms with van der Waals surface area (Å²) in [6.45, 7) is 0. The van der Waals surface area contributed by atoms with E-state index in [1.807, 2.05) is 24.3 Å². The molecule has 98 valence electrons. The van der Waals surface area contributed by atoms with Crippen LogP contribution in [-0.4, -0.2) is 23.1 Å². The van der Waals surface area contributed by atoms with E-state index in [0.717, 1.165) is 11.1 Å². The van der Waals surface area contributed by atoms with Crippen LogP contribution in [0.3, 0.4) is 0 Å². The molecule has 0 unspecified atom stereocenters. The third-order valence-electron chi connectivity index (χ3n) is 2.35. The first kappa shape index (κ1) is 14.6. The number of aliphatic carboxylic acids is 1. The lowest BCUT2D eigenvalue weighted by atomic mass is 10.1. The number of allylic oxidation sites excluding steroid dienone is 2. The Morgan fingerprint density at radius 3 is 2.11 bits per heavy atom. The minimum Gasteiger partial charge on any atom is -0.481 e. The van der Waals surface area contributed by atoms with E-state index in [0.29, 0.717) is 6.29 Å². The summed E-state index contributed by atoms with van der Waals surface area (Å²) in [6, 6.07) is 7.26. The van der Waals surface area contributed by atoms with Gasteiger partial charge in [0.15, 0.2) is 5.78 Å². The highest BCUT2D eigenvalue weighted by Crippen LogP contribution is 2.08. The molecule has 19 heavy (non-hydrogen) atoms. The average molecular weight is 258 g/mol.